The molecular weight excluding hydrogens is 276 g/mol. The second-order valence-electron chi connectivity index (χ2n) is 5.16. The molecule has 0 aromatic heterocycles. The number of hydrogen-bond acceptors (Lipinski definition) is 2. The van der Waals surface area contributed by atoms with Crippen molar-refractivity contribution in [1.82, 2.24) is 4.90 Å². The molecular formula is C15H19ClN2O2. The largest absolute Gasteiger partial charge is 0.368 e. The number of rotatable bonds is 4. The number of hydrogen-bond donors (Lipinski definition) is 1. The summed E-state index contributed by atoms with van der Waals surface area (Å²) >= 11 is 6.01. The Morgan fingerprint density at radius 1 is 1.55 bits per heavy atom. The third-order valence-electron chi connectivity index (χ3n) is 3.86. The van der Waals surface area contributed by atoms with Crippen molar-refractivity contribution in [3.05, 3.63) is 34.9 Å². The normalized spacial score (nSPS) is 20.8. The van der Waals surface area contributed by atoms with Gasteiger partial charge in [-0.25, -0.2) is 0 Å². The molecule has 108 valence electrons. The predicted octanol–water partition coefficient (Wildman–Crippen LogP) is 2.31. The summed E-state index contributed by atoms with van der Waals surface area (Å²) in [6.07, 6.45) is 1.77. The first-order valence-corrected chi connectivity index (χ1v) is 7.25. The third-order valence-corrected chi connectivity index (χ3v) is 4.09. The highest BCUT2D eigenvalue weighted by Crippen LogP contribution is 2.30. The molecule has 1 fully saturated rings. The lowest BCUT2D eigenvalue weighted by Gasteiger charge is -2.36. The molecule has 5 heteroatoms. The van der Waals surface area contributed by atoms with Crippen molar-refractivity contribution in [1.29, 1.82) is 0 Å². The van der Waals surface area contributed by atoms with E-state index in [0.29, 0.717) is 24.4 Å². The van der Waals surface area contributed by atoms with Crippen LogP contribution in [0.5, 0.6) is 0 Å². The molecule has 2 amide bonds. The molecule has 2 rings (SSSR count). The summed E-state index contributed by atoms with van der Waals surface area (Å²) in [6, 6.07) is 7.16. The minimum absolute atomic E-state index is 0.00827. The molecule has 1 aromatic rings. The van der Waals surface area contributed by atoms with Gasteiger partial charge in [0.05, 0.1) is 0 Å². The van der Waals surface area contributed by atoms with Gasteiger partial charge in [0.25, 0.3) is 0 Å². The van der Waals surface area contributed by atoms with E-state index >= 15 is 0 Å². The van der Waals surface area contributed by atoms with Crippen LogP contribution in [0.4, 0.5) is 0 Å². The quantitative estimate of drug-likeness (QED) is 0.926. The first kappa shape index (κ1) is 14.9. The highest BCUT2D eigenvalue weighted by Gasteiger charge is 2.33. The van der Waals surface area contributed by atoms with Crippen LogP contribution in [-0.2, 0) is 9.59 Å². The van der Waals surface area contributed by atoms with Crippen molar-refractivity contribution in [3.63, 3.8) is 0 Å². The maximum atomic E-state index is 12.0. The fourth-order valence-electron chi connectivity index (χ4n) is 2.78. The Balaban J connectivity index is 2.19. The zero-order valence-corrected chi connectivity index (χ0v) is 12.3. The van der Waals surface area contributed by atoms with Crippen LogP contribution in [0.2, 0.25) is 5.02 Å². The van der Waals surface area contributed by atoms with Crippen molar-refractivity contribution in [3.8, 4) is 0 Å². The van der Waals surface area contributed by atoms with Gasteiger partial charge in [-0.2, -0.15) is 0 Å². The Hall–Kier alpha value is -1.55. The molecule has 1 saturated heterocycles. The number of likely N-dealkylation sites (tertiary alicyclic amines) is 1. The van der Waals surface area contributed by atoms with Crippen LogP contribution in [0.3, 0.4) is 0 Å². The Kier molecular flexibility index (Phi) is 4.65. The van der Waals surface area contributed by atoms with Crippen LogP contribution >= 0.6 is 11.6 Å². The zero-order valence-electron chi connectivity index (χ0n) is 11.5. The number of halogens is 1. The van der Waals surface area contributed by atoms with Crippen molar-refractivity contribution < 1.29 is 9.59 Å². The molecule has 0 saturated carbocycles. The Morgan fingerprint density at radius 3 is 2.90 bits per heavy atom. The van der Waals surface area contributed by atoms with Gasteiger partial charge >= 0.3 is 0 Å². The molecule has 1 aliphatic rings. The van der Waals surface area contributed by atoms with Gasteiger partial charge in [0.2, 0.25) is 11.8 Å². The minimum atomic E-state index is -0.510. The lowest BCUT2D eigenvalue weighted by atomic mass is 9.89. The Labute approximate surface area is 123 Å². The summed E-state index contributed by atoms with van der Waals surface area (Å²) in [5.41, 5.74) is 6.50. The molecule has 1 aliphatic heterocycles. The maximum Gasteiger partial charge on any atom is 0.240 e. The smallest absolute Gasteiger partial charge is 0.240 e. The summed E-state index contributed by atoms with van der Waals surface area (Å²) in [4.78, 5) is 25.1. The predicted molar refractivity (Wildman–Crippen MR) is 78.4 cm³/mol. The number of amides is 2. The van der Waals surface area contributed by atoms with Gasteiger partial charge in [-0.05, 0) is 30.5 Å². The second-order valence-corrected chi connectivity index (χ2v) is 5.60. The molecule has 2 unspecified atom stereocenters. The highest BCUT2D eigenvalue weighted by molar-refractivity contribution is 6.30. The average Bonchev–Trinajstić information content (AvgIpc) is 2.41. The van der Waals surface area contributed by atoms with Crippen LogP contribution < -0.4 is 5.73 Å². The first-order valence-electron chi connectivity index (χ1n) is 6.87. The number of carbonyl (C=O) groups is 2. The molecule has 1 heterocycles. The van der Waals surface area contributed by atoms with E-state index in [1.165, 1.54) is 0 Å². The number of benzene rings is 1. The number of primary amides is 1. The molecule has 0 spiro atoms. The van der Waals surface area contributed by atoms with Gasteiger partial charge in [0.15, 0.2) is 0 Å². The van der Waals surface area contributed by atoms with E-state index in [0.717, 1.165) is 12.0 Å². The van der Waals surface area contributed by atoms with E-state index in [1.807, 2.05) is 31.2 Å². The van der Waals surface area contributed by atoms with Gasteiger partial charge in [-0.3, -0.25) is 9.59 Å². The summed E-state index contributed by atoms with van der Waals surface area (Å²) in [6.45, 7) is 2.40. The van der Waals surface area contributed by atoms with Gasteiger partial charge in [0, 0.05) is 23.9 Å². The van der Waals surface area contributed by atoms with Crippen LogP contribution in [0.1, 0.15) is 37.7 Å². The fourth-order valence-corrected chi connectivity index (χ4v) is 2.98. The van der Waals surface area contributed by atoms with Gasteiger partial charge in [-0.1, -0.05) is 30.7 Å². The average molecular weight is 295 g/mol. The molecule has 4 nitrogen and oxygen atoms in total. The summed E-state index contributed by atoms with van der Waals surface area (Å²) < 4.78 is 0. The number of piperidine rings is 1. The van der Waals surface area contributed by atoms with Crippen molar-refractivity contribution in [2.45, 2.75) is 38.1 Å². The molecule has 1 aromatic carbocycles. The third kappa shape index (κ3) is 3.12. The number of carbonyl (C=O) groups excluding carboxylic acids is 2. The molecule has 20 heavy (non-hydrogen) atoms. The molecule has 0 aliphatic carbocycles. The summed E-state index contributed by atoms with van der Waals surface area (Å²) in [5.74, 6) is -0.221. The van der Waals surface area contributed by atoms with E-state index in [2.05, 4.69) is 0 Å². The Bertz CT molecular complexity index is 518. The number of nitrogens with zero attached hydrogens (tertiary/aromatic N) is 1. The lowest BCUT2D eigenvalue weighted by molar-refractivity contribution is -0.142. The standard InChI is InChI=1S/C15H19ClN2O2/c1-2-13(15(17)20)18-9-11(6-7-14(18)19)10-4-3-5-12(16)8-10/h3-5,8,11,13H,2,6-7,9H2,1H3,(H2,17,20). The molecule has 2 atom stereocenters. The summed E-state index contributed by atoms with van der Waals surface area (Å²) in [5, 5.41) is 0.688. The topological polar surface area (TPSA) is 63.4 Å². The van der Waals surface area contributed by atoms with Crippen LogP contribution in [-0.4, -0.2) is 29.3 Å². The van der Waals surface area contributed by atoms with Gasteiger partial charge < -0.3 is 10.6 Å². The summed E-state index contributed by atoms with van der Waals surface area (Å²) in [7, 11) is 0. The van der Waals surface area contributed by atoms with Gasteiger partial charge in [-0.15, -0.1) is 0 Å². The lowest BCUT2D eigenvalue weighted by Crippen LogP contribution is -2.51. The SMILES string of the molecule is CCC(C(N)=O)N1CC(c2cccc(Cl)c2)CCC1=O. The van der Waals surface area contributed by atoms with Gasteiger partial charge in [0.1, 0.15) is 6.04 Å². The molecule has 2 N–H and O–H groups in total. The van der Waals surface area contributed by atoms with Crippen LogP contribution in [0.15, 0.2) is 24.3 Å². The van der Waals surface area contributed by atoms with E-state index in [4.69, 9.17) is 17.3 Å². The minimum Gasteiger partial charge on any atom is -0.368 e. The van der Waals surface area contributed by atoms with Crippen molar-refractivity contribution in [2.75, 3.05) is 6.54 Å². The zero-order chi connectivity index (χ0) is 14.7. The van der Waals surface area contributed by atoms with E-state index in [1.54, 1.807) is 4.90 Å². The monoisotopic (exact) mass is 294 g/mol. The first-order chi connectivity index (χ1) is 9.52. The number of nitrogens with two attached hydrogens (primary N) is 1. The molecule has 0 radical (unpaired) electrons. The fraction of sp³-hybridized carbons (Fsp3) is 0.467. The van der Waals surface area contributed by atoms with E-state index in [-0.39, 0.29) is 11.8 Å². The highest BCUT2D eigenvalue weighted by atomic mass is 35.5. The van der Waals surface area contributed by atoms with E-state index < -0.39 is 11.9 Å². The second kappa shape index (κ2) is 6.27. The maximum absolute atomic E-state index is 12.0. The van der Waals surface area contributed by atoms with Crippen molar-refractivity contribution >= 4 is 23.4 Å². The van der Waals surface area contributed by atoms with Crippen LogP contribution in [0, 0.1) is 0 Å². The Morgan fingerprint density at radius 2 is 2.30 bits per heavy atom. The van der Waals surface area contributed by atoms with E-state index in [9.17, 15) is 9.59 Å². The molecule has 0 bridgehead atoms. The van der Waals surface area contributed by atoms with Crippen LogP contribution in [0.25, 0.3) is 0 Å². The van der Waals surface area contributed by atoms with Crippen molar-refractivity contribution in [2.24, 2.45) is 5.73 Å².